The van der Waals surface area contributed by atoms with Crippen molar-refractivity contribution in [1.29, 1.82) is 0 Å². The molecule has 82 valence electrons. The van der Waals surface area contributed by atoms with Gasteiger partial charge in [-0.1, -0.05) is 12.1 Å². The lowest BCUT2D eigenvalue weighted by atomic mass is 10.0. The fraction of sp³-hybridized carbons (Fsp3) is 0.500. The van der Waals surface area contributed by atoms with Crippen molar-refractivity contribution >= 4 is 11.8 Å². The first-order valence-electron chi connectivity index (χ1n) is 5.36. The van der Waals surface area contributed by atoms with Crippen LogP contribution in [0.1, 0.15) is 18.4 Å². The molecule has 0 aromatic heterocycles. The molecule has 0 spiro atoms. The van der Waals surface area contributed by atoms with Crippen LogP contribution in [0.25, 0.3) is 0 Å². The average molecular weight is 225 g/mol. The molecule has 3 heteroatoms. The molecule has 15 heavy (non-hydrogen) atoms. The number of hydrogen-bond donors (Lipinski definition) is 1. The van der Waals surface area contributed by atoms with Crippen LogP contribution in [-0.2, 0) is 6.42 Å². The summed E-state index contributed by atoms with van der Waals surface area (Å²) in [6, 6.07) is 5.92. The van der Waals surface area contributed by atoms with Gasteiger partial charge in [0.2, 0.25) is 0 Å². The number of halogens is 1. The van der Waals surface area contributed by atoms with Gasteiger partial charge in [0.15, 0.2) is 0 Å². The summed E-state index contributed by atoms with van der Waals surface area (Å²) >= 11 is 1.50. The zero-order chi connectivity index (χ0) is 10.7. The van der Waals surface area contributed by atoms with E-state index in [9.17, 15) is 4.39 Å². The minimum atomic E-state index is -0.0852. The summed E-state index contributed by atoms with van der Waals surface area (Å²) in [5.74, 6) is -0.0852. The van der Waals surface area contributed by atoms with Crippen LogP contribution in [-0.4, -0.2) is 18.8 Å². The maximum absolute atomic E-state index is 13.5. The molecule has 1 aliphatic rings. The highest BCUT2D eigenvalue weighted by atomic mass is 32.2. The molecule has 1 heterocycles. The van der Waals surface area contributed by atoms with Gasteiger partial charge in [-0.25, -0.2) is 4.39 Å². The van der Waals surface area contributed by atoms with E-state index in [0.29, 0.717) is 6.04 Å². The molecule has 1 unspecified atom stereocenters. The Labute approximate surface area is 94.5 Å². The number of hydrogen-bond acceptors (Lipinski definition) is 2. The highest BCUT2D eigenvalue weighted by Crippen LogP contribution is 2.26. The third-order valence-corrected chi connectivity index (χ3v) is 3.75. The molecule has 0 aliphatic carbocycles. The Morgan fingerprint density at radius 2 is 2.40 bits per heavy atom. The van der Waals surface area contributed by atoms with Crippen LogP contribution in [0.3, 0.4) is 0 Å². The van der Waals surface area contributed by atoms with Gasteiger partial charge in [-0.3, -0.25) is 0 Å². The standard InChI is InChI=1S/C12H16FNS/c1-15-12-9(4-2-6-11(12)13)8-10-5-3-7-14-10/h2,4,6,10,14H,3,5,7-8H2,1H3. The highest BCUT2D eigenvalue weighted by Gasteiger charge is 2.17. The van der Waals surface area contributed by atoms with Crippen LogP contribution in [0.2, 0.25) is 0 Å². The molecular weight excluding hydrogens is 209 g/mol. The molecule has 0 radical (unpaired) electrons. The zero-order valence-corrected chi connectivity index (χ0v) is 9.74. The summed E-state index contributed by atoms with van der Waals surface area (Å²) in [5, 5.41) is 3.44. The Balaban J connectivity index is 2.15. The maximum Gasteiger partial charge on any atom is 0.137 e. The quantitative estimate of drug-likeness (QED) is 0.794. The summed E-state index contributed by atoms with van der Waals surface area (Å²) in [4.78, 5) is 0.811. The van der Waals surface area contributed by atoms with Gasteiger partial charge in [-0.15, -0.1) is 11.8 Å². The van der Waals surface area contributed by atoms with Crippen LogP contribution in [0.5, 0.6) is 0 Å². The van der Waals surface area contributed by atoms with E-state index in [1.54, 1.807) is 6.07 Å². The highest BCUT2D eigenvalue weighted by molar-refractivity contribution is 7.98. The van der Waals surface area contributed by atoms with Crippen LogP contribution < -0.4 is 5.32 Å². The summed E-state index contributed by atoms with van der Waals surface area (Å²) in [6.07, 6.45) is 5.34. The number of benzene rings is 1. The first kappa shape index (κ1) is 11.0. The molecule has 0 saturated carbocycles. The van der Waals surface area contributed by atoms with Gasteiger partial charge in [0.1, 0.15) is 5.82 Å². The van der Waals surface area contributed by atoms with Crippen molar-refractivity contribution in [2.24, 2.45) is 0 Å². The second-order valence-electron chi connectivity index (χ2n) is 3.93. The zero-order valence-electron chi connectivity index (χ0n) is 8.92. The Bertz CT molecular complexity index is 334. The molecule has 1 aromatic carbocycles. The molecule has 1 aromatic rings. The van der Waals surface area contributed by atoms with Gasteiger partial charge in [0.05, 0.1) is 0 Å². The van der Waals surface area contributed by atoms with E-state index in [0.717, 1.165) is 23.4 Å². The Morgan fingerprint density at radius 1 is 1.53 bits per heavy atom. The van der Waals surface area contributed by atoms with Gasteiger partial charge in [0.25, 0.3) is 0 Å². The van der Waals surface area contributed by atoms with Crippen molar-refractivity contribution < 1.29 is 4.39 Å². The van der Waals surface area contributed by atoms with Crippen molar-refractivity contribution in [3.05, 3.63) is 29.6 Å². The Morgan fingerprint density at radius 3 is 3.07 bits per heavy atom. The van der Waals surface area contributed by atoms with E-state index in [4.69, 9.17) is 0 Å². The molecule has 1 fully saturated rings. The molecular formula is C12H16FNS. The normalized spacial score (nSPS) is 20.8. The lowest BCUT2D eigenvalue weighted by molar-refractivity contribution is 0.572. The van der Waals surface area contributed by atoms with Gasteiger partial charge >= 0.3 is 0 Å². The fourth-order valence-electron chi connectivity index (χ4n) is 2.14. The van der Waals surface area contributed by atoms with E-state index in [1.807, 2.05) is 12.3 Å². The minimum absolute atomic E-state index is 0.0852. The topological polar surface area (TPSA) is 12.0 Å². The van der Waals surface area contributed by atoms with Crippen molar-refractivity contribution in [3.63, 3.8) is 0 Å². The Kier molecular flexibility index (Phi) is 3.65. The monoisotopic (exact) mass is 225 g/mol. The van der Waals surface area contributed by atoms with Crippen LogP contribution >= 0.6 is 11.8 Å². The lowest BCUT2D eigenvalue weighted by Gasteiger charge is -2.13. The van der Waals surface area contributed by atoms with Crippen molar-refractivity contribution in [1.82, 2.24) is 5.32 Å². The van der Waals surface area contributed by atoms with Crippen molar-refractivity contribution in [2.75, 3.05) is 12.8 Å². The first-order valence-corrected chi connectivity index (χ1v) is 6.58. The smallest absolute Gasteiger partial charge is 0.137 e. The molecule has 1 nitrogen and oxygen atoms in total. The van der Waals surface area contributed by atoms with E-state index >= 15 is 0 Å². The van der Waals surface area contributed by atoms with Crippen molar-refractivity contribution in [2.45, 2.75) is 30.2 Å². The maximum atomic E-state index is 13.5. The van der Waals surface area contributed by atoms with E-state index in [-0.39, 0.29) is 5.82 Å². The molecule has 0 bridgehead atoms. The molecule has 1 N–H and O–H groups in total. The third kappa shape index (κ3) is 2.52. The number of thioether (sulfide) groups is 1. The molecule has 1 aliphatic heterocycles. The largest absolute Gasteiger partial charge is 0.314 e. The lowest BCUT2D eigenvalue weighted by Crippen LogP contribution is -2.23. The summed E-state index contributed by atoms with van der Waals surface area (Å²) in [6.45, 7) is 1.11. The molecule has 1 atom stereocenters. The summed E-state index contributed by atoms with van der Waals surface area (Å²) in [5.41, 5.74) is 1.14. The molecule has 1 saturated heterocycles. The number of nitrogens with one attached hydrogen (secondary N) is 1. The van der Waals surface area contributed by atoms with Crippen LogP contribution in [0.4, 0.5) is 4.39 Å². The van der Waals surface area contributed by atoms with Gasteiger partial charge in [-0.05, 0) is 43.7 Å². The summed E-state index contributed by atoms with van der Waals surface area (Å²) < 4.78 is 13.5. The van der Waals surface area contributed by atoms with E-state index < -0.39 is 0 Å². The van der Waals surface area contributed by atoms with Gasteiger partial charge < -0.3 is 5.32 Å². The van der Waals surface area contributed by atoms with Crippen molar-refractivity contribution in [3.8, 4) is 0 Å². The van der Waals surface area contributed by atoms with Crippen LogP contribution in [0.15, 0.2) is 23.1 Å². The molecule has 2 rings (SSSR count). The second kappa shape index (κ2) is 4.99. The SMILES string of the molecule is CSc1c(F)cccc1CC1CCCN1. The predicted octanol–water partition coefficient (Wildman–Crippen LogP) is 2.84. The fourth-order valence-corrected chi connectivity index (χ4v) is 2.82. The van der Waals surface area contributed by atoms with Gasteiger partial charge in [-0.2, -0.15) is 0 Å². The van der Waals surface area contributed by atoms with E-state index in [2.05, 4.69) is 5.32 Å². The van der Waals surface area contributed by atoms with Gasteiger partial charge in [0, 0.05) is 10.9 Å². The molecule has 0 amide bonds. The summed E-state index contributed by atoms with van der Waals surface area (Å²) in [7, 11) is 0. The first-order chi connectivity index (χ1) is 7.31. The Hall–Kier alpha value is -0.540. The number of rotatable bonds is 3. The van der Waals surface area contributed by atoms with E-state index in [1.165, 1.54) is 30.7 Å². The second-order valence-corrected chi connectivity index (χ2v) is 4.75. The average Bonchev–Trinajstić information content (AvgIpc) is 2.71. The predicted molar refractivity (Wildman–Crippen MR) is 62.9 cm³/mol. The van der Waals surface area contributed by atoms with Crippen LogP contribution in [0, 0.1) is 5.82 Å². The minimum Gasteiger partial charge on any atom is -0.314 e. The third-order valence-electron chi connectivity index (χ3n) is 2.88.